The molecule has 1 aliphatic rings. The number of para-hydroxylation sites is 2. The van der Waals surface area contributed by atoms with E-state index in [9.17, 15) is 4.79 Å². The number of nitrogens with zero attached hydrogens (tertiary/aromatic N) is 2. The molecule has 0 unspecified atom stereocenters. The highest BCUT2D eigenvalue weighted by Crippen LogP contribution is 2.23. The Bertz CT molecular complexity index is 487. The summed E-state index contributed by atoms with van der Waals surface area (Å²) < 4.78 is 0. The van der Waals surface area contributed by atoms with Gasteiger partial charge in [-0.1, -0.05) is 12.1 Å². The van der Waals surface area contributed by atoms with Gasteiger partial charge < -0.3 is 16.0 Å². The summed E-state index contributed by atoms with van der Waals surface area (Å²) >= 11 is 0. The number of benzene rings is 1. The lowest BCUT2D eigenvalue weighted by atomic mass is 10.1. The quantitative estimate of drug-likeness (QED) is 0.824. The first-order valence-electron chi connectivity index (χ1n) is 7.48. The third kappa shape index (κ3) is 4.63. The van der Waals surface area contributed by atoms with Crippen LogP contribution in [0.15, 0.2) is 24.3 Å². The Labute approximate surface area is 127 Å². The van der Waals surface area contributed by atoms with E-state index < -0.39 is 0 Å². The van der Waals surface area contributed by atoms with Crippen molar-refractivity contribution in [3.8, 4) is 0 Å². The van der Waals surface area contributed by atoms with Gasteiger partial charge in [0.25, 0.3) is 0 Å². The van der Waals surface area contributed by atoms with Crippen molar-refractivity contribution in [3.63, 3.8) is 0 Å². The molecule has 21 heavy (non-hydrogen) atoms. The minimum absolute atomic E-state index is 0.0928. The molecule has 1 aromatic carbocycles. The van der Waals surface area contributed by atoms with Crippen LogP contribution in [0.25, 0.3) is 0 Å². The molecule has 0 saturated carbocycles. The van der Waals surface area contributed by atoms with E-state index in [-0.39, 0.29) is 11.4 Å². The Kier molecular flexibility index (Phi) is 4.73. The molecule has 5 nitrogen and oxygen atoms in total. The highest BCUT2D eigenvalue weighted by Gasteiger charge is 2.21. The minimum Gasteiger partial charge on any atom is -0.397 e. The second-order valence-corrected chi connectivity index (χ2v) is 6.62. The fourth-order valence-corrected chi connectivity index (χ4v) is 2.58. The van der Waals surface area contributed by atoms with Crippen molar-refractivity contribution >= 4 is 17.3 Å². The number of nitrogens with two attached hydrogens (primary N) is 1. The van der Waals surface area contributed by atoms with E-state index >= 15 is 0 Å². The summed E-state index contributed by atoms with van der Waals surface area (Å²) in [6, 6.07) is 7.94. The summed E-state index contributed by atoms with van der Waals surface area (Å²) in [5.41, 5.74) is 7.76. The summed E-state index contributed by atoms with van der Waals surface area (Å²) in [6.45, 7) is 10.0. The molecule has 0 bridgehead atoms. The number of nitrogen functional groups attached to an aromatic ring is 1. The van der Waals surface area contributed by atoms with Crippen LogP contribution in [0, 0.1) is 0 Å². The van der Waals surface area contributed by atoms with Gasteiger partial charge in [0, 0.05) is 31.7 Å². The van der Waals surface area contributed by atoms with E-state index in [1.807, 2.05) is 39.0 Å². The number of carbonyl (C=O) groups excluding carboxylic acids is 1. The van der Waals surface area contributed by atoms with Gasteiger partial charge in [0.1, 0.15) is 0 Å². The highest BCUT2D eigenvalue weighted by atomic mass is 16.2. The number of anilines is 2. The number of carbonyl (C=O) groups is 1. The fraction of sp³-hybridized carbons (Fsp3) is 0.562. The third-order valence-electron chi connectivity index (χ3n) is 3.53. The monoisotopic (exact) mass is 290 g/mol. The van der Waals surface area contributed by atoms with Gasteiger partial charge in [0.15, 0.2) is 0 Å². The maximum absolute atomic E-state index is 11.9. The van der Waals surface area contributed by atoms with Crippen LogP contribution in [-0.2, 0) is 4.79 Å². The maximum Gasteiger partial charge on any atom is 0.234 e. The van der Waals surface area contributed by atoms with Gasteiger partial charge in [-0.05, 0) is 32.9 Å². The number of amides is 1. The van der Waals surface area contributed by atoms with Crippen LogP contribution in [0.4, 0.5) is 11.4 Å². The molecule has 1 aliphatic heterocycles. The van der Waals surface area contributed by atoms with Crippen molar-refractivity contribution in [2.24, 2.45) is 0 Å². The van der Waals surface area contributed by atoms with Gasteiger partial charge in [-0.25, -0.2) is 0 Å². The van der Waals surface area contributed by atoms with Crippen molar-refractivity contribution < 1.29 is 4.79 Å². The van der Waals surface area contributed by atoms with Gasteiger partial charge in [-0.3, -0.25) is 9.69 Å². The van der Waals surface area contributed by atoms with E-state index in [0.29, 0.717) is 6.54 Å². The first-order valence-corrected chi connectivity index (χ1v) is 7.48. The van der Waals surface area contributed by atoms with E-state index in [2.05, 4.69) is 21.2 Å². The van der Waals surface area contributed by atoms with Crippen molar-refractivity contribution in [2.75, 3.05) is 43.4 Å². The molecule has 3 N–H and O–H groups in total. The molecule has 1 saturated heterocycles. The molecule has 116 valence electrons. The molecular weight excluding hydrogens is 264 g/mol. The van der Waals surface area contributed by atoms with Gasteiger partial charge in [-0.15, -0.1) is 0 Å². The molecule has 1 heterocycles. The molecular formula is C16H26N4O. The topological polar surface area (TPSA) is 61.6 Å². The average Bonchev–Trinajstić information content (AvgIpc) is 2.38. The minimum atomic E-state index is -0.169. The fourth-order valence-electron chi connectivity index (χ4n) is 2.58. The zero-order chi connectivity index (χ0) is 15.5. The second kappa shape index (κ2) is 6.35. The number of hydrogen-bond donors (Lipinski definition) is 2. The average molecular weight is 290 g/mol. The molecule has 1 fully saturated rings. The molecule has 0 atom stereocenters. The van der Waals surface area contributed by atoms with E-state index in [1.54, 1.807) is 0 Å². The zero-order valence-electron chi connectivity index (χ0n) is 13.2. The van der Waals surface area contributed by atoms with Crippen LogP contribution >= 0.6 is 0 Å². The summed E-state index contributed by atoms with van der Waals surface area (Å²) in [6.07, 6.45) is 0. The predicted molar refractivity (Wildman–Crippen MR) is 87.4 cm³/mol. The number of piperazine rings is 1. The summed E-state index contributed by atoms with van der Waals surface area (Å²) in [5, 5.41) is 3.00. The number of hydrogen-bond acceptors (Lipinski definition) is 4. The maximum atomic E-state index is 11.9. The molecule has 1 aromatic rings. The van der Waals surface area contributed by atoms with E-state index in [1.165, 1.54) is 0 Å². The Morgan fingerprint density at radius 1 is 1.19 bits per heavy atom. The van der Waals surface area contributed by atoms with E-state index in [0.717, 1.165) is 37.6 Å². The van der Waals surface area contributed by atoms with Crippen LogP contribution in [0.1, 0.15) is 20.8 Å². The van der Waals surface area contributed by atoms with Crippen molar-refractivity contribution in [2.45, 2.75) is 26.3 Å². The zero-order valence-corrected chi connectivity index (χ0v) is 13.2. The number of nitrogens with one attached hydrogen (secondary N) is 1. The largest absolute Gasteiger partial charge is 0.397 e. The lowest BCUT2D eigenvalue weighted by Gasteiger charge is -2.36. The number of rotatable bonds is 3. The first kappa shape index (κ1) is 15.6. The van der Waals surface area contributed by atoms with Gasteiger partial charge in [0.05, 0.1) is 17.9 Å². The van der Waals surface area contributed by atoms with Crippen molar-refractivity contribution in [1.29, 1.82) is 0 Å². The molecule has 0 spiro atoms. The summed E-state index contributed by atoms with van der Waals surface area (Å²) in [7, 11) is 0. The van der Waals surface area contributed by atoms with Crippen LogP contribution in [0.3, 0.4) is 0 Å². The van der Waals surface area contributed by atoms with Crippen LogP contribution in [0.2, 0.25) is 0 Å². The van der Waals surface area contributed by atoms with Crippen molar-refractivity contribution in [1.82, 2.24) is 10.2 Å². The Balaban J connectivity index is 1.84. The Hall–Kier alpha value is -1.75. The van der Waals surface area contributed by atoms with Gasteiger partial charge >= 0.3 is 0 Å². The molecule has 1 amide bonds. The smallest absolute Gasteiger partial charge is 0.234 e. The molecule has 0 radical (unpaired) electrons. The van der Waals surface area contributed by atoms with Crippen LogP contribution < -0.4 is 16.0 Å². The van der Waals surface area contributed by atoms with Crippen molar-refractivity contribution in [3.05, 3.63) is 24.3 Å². The first-order chi connectivity index (χ1) is 9.85. The highest BCUT2D eigenvalue weighted by molar-refractivity contribution is 5.78. The van der Waals surface area contributed by atoms with Gasteiger partial charge in [0.2, 0.25) is 5.91 Å². The Morgan fingerprint density at radius 3 is 2.38 bits per heavy atom. The lowest BCUT2D eigenvalue weighted by molar-refractivity contribution is -0.123. The molecule has 2 rings (SSSR count). The van der Waals surface area contributed by atoms with Crippen LogP contribution in [0.5, 0.6) is 0 Å². The van der Waals surface area contributed by atoms with Gasteiger partial charge in [-0.2, -0.15) is 0 Å². The normalized spacial score (nSPS) is 16.8. The second-order valence-electron chi connectivity index (χ2n) is 6.62. The molecule has 5 heteroatoms. The molecule has 0 aromatic heterocycles. The lowest BCUT2D eigenvalue weighted by Crippen LogP contribution is -2.51. The van der Waals surface area contributed by atoms with E-state index in [4.69, 9.17) is 5.73 Å². The van der Waals surface area contributed by atoms with Crippen LogP contribution in [-0.4, -0.2) is 49.1 Å². The molecule has 0 aliphatic carbocycles. The summed E-state index contributed by atoms with van der Waals surface area (Å²) in [4.78, 5) is 16.4. The predicted octanol–water partition coefficient (Wildman–Crippen LogP) is 1.31. The Morgan fingerprint density at radius 2 is 1.81 bits per heavy atom. The SMILES string of the molecule is CC(C)(C)NC(=O)CN1CCN(c2ccccc2N)CC1. The third-order valence-corrected chi connectivity index (χ3v) is 3.53. The summed E-state index contributed by atoms with van der Waals surface area (Å²) in [5.74, 6) is 0.0928. The standard InChI is InChI=1S/C16H26N4O/c1-16(2,3)18-15(21)12-19-8-10-20(11-9-19)14-7-5-4-6-13(14)17/h4-7H,8-12,17H2,1-3H3,(H,18,21).